The summed E-state index contributed by atoms with van der Waals surface area (Å²) in [6, 6.07) is 6.22. The lowest BCUT2D eigenvalue weighted by Gasteiger charge is -2.36. The maximum atomic E-state index is 5.63. The van der Waals surface area contributed by atoms with E-state index in [4.69, 9.17) is 9.47 Å². The molecule has 2 aliphatic heterocycles. The average molecular weight is 234 g/mol. The SMILES string of the molecule is CC1(c2ccc3c(c2)OCCO3)CNCCN1. The summed E-state index contributed by atoms with van der Waals surface area (Å²) >= 11 is 0. The molecule has 1 saturated heterocycles. The normalized spacial score (nSPS) is 27.8. The first-order chi connectivity index (χ1) is 8.28. The van der Waals surface area contributed by atoms with Gasteiger partial charge in [-0.25, -0.2) is 0 Å². The Kier molecular flexibility index (Phi) is 2.68. The van der Waals surface area contributed by atoms with E-state index >= 15 is 0 Å². The minimum absolute atomic E-state index is 0.0198. The van der Waals surface area contributed by atoms with Crippen LogP contribution in [0.1, 0.15) is 12.5 Å². The van der Waals surface area contributed by atoms with Gasteiger partial charge in [-0.2, -0.15) is 0 Å². The molecule has 0 spiro atoms. The molecule has 1 aromatic rings. The molecule has 0 saturated carbocycles. The highest BCUT2D eigenvalue weighted by Crippen LogP contribution is 2.34. The van der Waals surface area contributed by atoms with Crippen LogP contribution < -0.4 is 20.1 Å². The Bertz CT molecular complexity index is 414. The lowest BCUT2D eigenvalue weighted by atomic mass is 9.90. The minimum atomic E-state index is -0.0198. The van der Waals surface area contributed by atoms with Crippen molar-refractivity contribution in [1.29, 1.82) is 0 Å². The van der Waals surface area contributed by atoms with E-state index in [-0.39, 0.29) is 5.54 Å². The molecule has 2 aliphatic rings. The molecule has 0 bridgehead atoms. The topological polar surface area (TPSA) is 42.5 Å². The molecule has 1 atom stereocenters. The summed E-state index contributed by atoms with van der Waals surface area (Å²) in [6.45, 7) is 6.45. The molecule has 0 aliphatic carbocycles. The van der Waals surface area contributed by atoms with E-state index in [2.05, 4.69) is 29.7 Å². The summed E-state index contributed by atoms with van der Waals surface area (Å²) < 4.78 is 11.2. The number of ether oxygens (including phenoxy) is 2. The van der Waals surface area contributed by atoms with Gasteiger partial charge in [0.2, 0.25) is 0 Å². The van der Waals surface area contributed by atoms with Gasteiger partial charge in [-0.05, 0) is 24.6 Å². The van der Waals surface area contributed by atoms with Crippen molar-refractivity contribution in [3.05, 3.63) is 23.8 Å². The smallest absolute Gasteiger partial charge is 0.161 e. The highest BCUT2D eigenvalue weighted by atomic mass is 16.6. The van der Waals surface area contributed by atoms with E-state index in [1.165, 1.54) is 5.56 Å². The van der Waals surface area contributed by atoms with Gasteiger partial charge in [-0.15, -0.1) is 0 Å². The van der Waals surface area contributed by atoms with Crippen LogP contribution in [0, 0.1) is 0 Å². The highest BCUT2D eigenvalue weighted by molar-refractivity contribution is 5.46. The van der Waals surface area contributed by atoms with Gasteiger partial charge >= 0.3 is 0 Å². The van der Waals surface area contributed by atoms with Crippen LogP contribution in [0.3, 0.4) is 0 Å². The first kappa shape index (κ1) is 10.9. The maximum Gasteiger partial charge on any atom is 0.161 e. The number of hydrogen-bond donors (Lipinski definition) is 2. The predicted octanol–water partition coefficient (Wildman–Crippen LogP) is 0.866. The standard InChI is InChI=1S/C13H18N2O2/c1-13(9-14-4-5-15-13)10-2-3-11-12(8-10)17-7-6-16-11/h2-3,8,14-15H,4-7,9H2,1H3. The highest BCUT2D eigenvalue weighted by Gasteiger charge is 2.29. The average Bonchev–Trinajstić information content (AvgIpc) is 2.39. The molecule has 0 aromatic heterocycles. The summed E-state index contributed by atoms with van der Waals surface area (Å²) in [5.74, 6) is 1.72. The van der Waals surface area contributed by atoms with Crippen LogP contribution in [0.25, 0.3) is 0 Å². The van der Waals surface area contributed by atoms with E-state index in [1.54, 1.807) is 0 Å². The first-order valence-electron chi connectivity index (χ1n) is 6.14. The molecule has 2 N–H and O–H groups in total. The summed E-state index contributed by atoms with van der Waals surface area (Å²) in [5.41, 5.74) is 1.22. The molecule has 1 aromatic carbocycles. The van der Waals surface area contributed by atoms with Crippen molar-refractivity contribution in [2.24, 2.45) is 0 Å². The van der Waals surface area contributed by atoms with Gasteiger partial charge in [0, 0.05) is 19.6 Å². The van der Waals surface area contributed by atoms with Gasteiger partial charge in [-0.3, -0.25) is 0 Å². The van der Waals surface area contributed by atoms with Crippen LogP contribution in [0.15, 0.2) is 18.2 Å². The molecule has 4 heteroatoms. The fourth-order valence-corrected chi connectivity index (χ4v) is 2.42. The Morgan fingerprint density at radius 2 is 1.94 bits per heavy atom. The zero-order chi connectivity index (χ0) is 11.7. The number of piperazine rings is 1. The molecule has 1 fully saturated rings. The summed E-state index contributed by atoms with van der Waals surface area (Å²) in [7, 11) is 0. The third-order valence-corrected chi connectivity index (χ3v) is 3.47. The number of rotatable bonds is 1. The Labute approximate surface area is 101 Å². The predicted molar refractivity (Wildman–Crippen MR) is 65.7 cm³/mol. The summed E-state index contributed by atoms with van der Waals surface area (Å²) in [5, 5.41) is 6.98. The summed E-state index contributed by atoms with van der Waals surface area (Å²) in [4.78, 5) is 0. The zero-order valence-corrected chi connectivity index (χ0v) is 10.1. The van der Waals surface area contributed by atoms with Crippen LogP contribution in [0.4, 0.5) is 0 Å². The van der Waals surface area contributed by atoms with Gasteiger partial charge in [0.1, 0.15) is 13.2 Å². The quantitative estimate of drug-likeness (QED) is 0.756. The number of hydrogen-bond acceptors (Lipinski definition) is 4. The van der Waals surface area contributed by atoms with Crippen molar-refractivity contribution in [3.8, 4) is 11.5 Å². The number of benzene rings is 1. The Morgan fingerprint density at radius 3 is 2.71 bits per heavy atom. The number of nitrogens with one attached hydrogen (secondary N) is 2. The van der Waals surface area contributed by atoms with E-state index in [9.17, 15) is 0 Å². The van der Waals surface area contributed by atoms with E-state index < -0.39 is 0 Å². The molecule has 3 rings (SSSR count). The fourth-order valence-electron chi connectivity index (χ4n) is 2.42. The van der Waals surface area contributed by atoms with Crippen LogP contribution in [0.2, 0.25) is 0 Å². The van der Waals surface area contributed by atoms with Gasteiger partial charge in [0.05, 0.1) is 5.54 Å². The van der Waals surface area contributed by atoms with Crippen LogP contribution in [-0.4, -0.2) is 32.8 Å². The van der Waals surface area contributed by atoms with Gasteiger partial charge in [-0.1, -0.05) is 6.07 Å². The maximum absolute atomic E-state index is 5.63. The Balaban J connectivity index is 1.92. The van der Waals surface area contributed by atoms with Crippen molar-refractivity contribution in [2.75, 3.05) is 32.8 Å². The second kappa shape index (κ2) is 4.20. The molecular weight excluding hydrogens is 216 g/mol. The van der Waals surface area contributed by atoms with Crippen LogP contribution >= 0.6 is 0 Å². The van der Waals surface area contributed by atoms with E-state index in [0.717, 1.165) is 31.1 Å². The molecule has 0 amide bonds. The summed E-state index contributed by atoms with van der Waals surface area (Å²) in [6.07, 6.45) is 0. The molecule has 17 heavy (non-hydrogen) atoms. The van der Waals surface area contributed by atoms with Crippen molar-refractivity contribution < 1.29 is 9.47 Å². The third kappa shape index (κ3) is 1.98. The molecule has 1 unspecified atom stereocenters. The molecule has 0 radical (unpaired) electrons. The second-order valence-corrected chi connectivity index (χ2v) is 4.79. The van der Waals surface area contributed by atoms with E-state index in [0.29, 0.717) is 13.2 Å². The Hall–Kier alpha value is -1.26. The van der Waals surface area contributed by atoms with E-state index in [1.807, 2.05) is 6.07 Å². The lowest BCUT2D eigenvalue weighted by Crippen LogP contribution is -2.54. The molecule has 92 valence electrons. The number of fused-ring (bicyclic) bond motifs is 1. The Morgan fingerprint density at radius 1 is 1.12 bits per heavy atom. The second-order valence-electron chi connectivity index (χ2n) is 4.79. The minimum Gasteiger partial charge on any atom is -0.486 e. The largest absolute Gasteiger partial charge is 0.486 e. The van der Waals surface area contributed by atoms with Gasteiger partial charge in [0.25, 0.3) is 0 Å². The van der Waals surface area contributed by atoms with Crippen molar-refractivity contribution >= 4 is 0 Å². The molecule has 4 nitrogen and oxygen atoms in total. The van der Waals surface area contributed by atoms with Crippen molar-refractivity contribution in [2.45, 2.75) is 12.5 Å². The van der Waals surface area contributed by atoms with Crippen molar-refractivity contribution in [1.82, 2.24) is 10.6 Å². The molecule has 2 heterocycles. The third-order valence-electron chi connectivity index (χ3n) is 3.47. The molecular formula is C13H18N2O2. The van der Waals surface area contributed by atoms with Gasteiger partial charge in [0.15, 0.2) is 11.5 Å². The van der Waals surface area contributed by atoms with Crippen molar-refractivity contribution in [3.63, 3.8) is 0 Å². The van der Waals surface area contributed by atoms with Gasteiger partial charge < -0.3 is 20.1 Å². The fraction of sp³-hybridized carbons (Fsp3) is 0.538. The zero-order valence-electron chi connectivity index (χ0n) is 10.1. The first-order valence-corrected chi connectivity index (χ1v) is 6.14. The lowest BCUT2D eigenvalue weighted by molar-refractivity contribution is 0.170. The monoisotopic (exact) mass is 234 g/mol. The van der Waals surface area contributed by atoms with Crippen LogP contribution in [-0.2, 0) is 5.54 Å². The van der Waals surface area contributed by atoms with Crippen LogP contribution in [0.5, 0.6) is 11.5 Å².